The molecule has 1 N–H and O–H groups in total. The molecule has 1 aromatic carbocycles. The summed E-state index contributed by atoms with van der Waals surface area (Å²) in [7, 11) is 1.91. The summed E-state index contributed by atoms with van der Waals surface area (Å²) >= 11 is 3.45. The first-order chi connectivity index (χ1) is 8.22. The van der Waals surface area contributed by atoms with Gasteiger partial charge in [0, 0.05) is 11.5 Å². The highest BCUT2D eigenvalue weighted by Crippen LogP contribution is 2.22. The Hall–Kier alpha value is -1.20. The minimum Gasteiger partial charge on any atom is -0.305 e. The van der Waals surface area contributed by atoms with Gasteiger partial charge in [-0.05, 0) is 24.2 Å². The maximum atomic E-state index is 3.98. The van der Waals surface area contributed by atoms with Gasteiger partial charge in [0.1, 0.15) is 0 Å². The zero-order chi connectivity index (χ0) is 12.3. The Morgan fingerprint density at radius 2 is 2.06 bits per heavy atom. The highest BCUT2D eigenvalue weighted by Gasteiger charge is 2.16. The zero-order valence-electron chi connectivity index (χ0n) is 9.89. The van der Waals surface area contributed by atoms with Crippen molar-refractivity contribution in [1.82, 2.24) is 20.3 Å². The lowest BCUT2D eigenvalue weighted by atomic mass is 10.0. The van der Waals surface area contributed by atoms with E-state index in [2.05, 4.69) is 50.6 Å². The first-order valence-corrected chi connectivity index (χ1v) is 6.35. The second kappa shape index (κ2) is 5.42. The van der Waals surface area contributed by atoms with Crippen LogP contribution in [0.2, 0.25) is 0 Å². The van der Waals surface area contributed by atoms with Gasteiger partial charge in [0.25, 0.3) is 0 Å². The molecule has 0 aliphatic heterocycles. The van der Waals surface area contributed by atoms with Crippen LogP contribution in [0.5, 0.6) is 0 Å². The number of hydrogen-bond acceptors (Lipinski definition) is 3. The predicted octanol–water partition coefficient (Wildman–Crippen LogP) is 2.28. The van der Waals surface area contributed by atoms with Crippen LogP contribution in [0.25, 0.3) is 0 Å². The van der Waals surface area contributed by atoms with E-state index in [9.17, 15) is 0 Å². The molecule has 0 fully saturated rings. The molecule has 2 aromatic rings. The van der Waals surface area contributed by atoms with Gasteiger partial charge in [-0.25, -0.2) is 0 Å². The van der Waals surface area contributed by atoms with Gasteiger partial charge in [0.05, 0.1) is 17.9 Å². The lowest BCUT2D eigenvalue weighted by Crippen LogP contribution is -2.24. The number of aryl methyl sites for hydroxylation is 1. The van der Waals surface area contributed by atoms with Gasteiger partial charge in [0.2, 0.25) is 0 Å². The maximum absolute atomic E-state index is 3.98. The van der Waals surface area contributed by atoms with E-state index in [0.29, 0.717) is 0 Å². The van der Waals surface area contributed by atoms with Crippen molar-refractivity contribution in [1.29, 1.82) is 0 Å². The molecule has 17 heavy (non-hydrogen) atoms. The highest BCUT2D eigenvalue weighted by molar-refractivity contribution is 9.10. The van der Waals surface area contributed by atoms with E-state index >= 15 is 0 Å². The second-order valence-corrected chi connectivity index (χ2v) is 4.74. The molecular weight excluding hydrogens is 280 g/mol. The molecule has 1 unspecified atom stereocenters. The van der Waals surface area contributed by atoms with Crippen LogP contribution in [0.4, 0.5) is 0 Å². The fourth-order valence-electron chi connectivity index (χ4n) is 1.81. The van der Waals surface area contributed by atoms with E-state index in [-0.39, 0.29) is 6.04 Å². The largest absolute Gasteiger partial charge is 0.305 e. The lowest BCUT2D eigenvalue weighted by Gasteiger charge is -2.18. The molecule has 1 atom stereocenters. The molecule has 0 bridgehead atoms. The average molecular weight is 295 g/mol. The van der Waals surface area contributed by atoms with Crippen molar-refractivity contribution in [2.45, 2.75) is 13.0 Å². The third-order valence-corrected chi connectivity index (χ3v) is 3.19. The number of aromatic nitrogens is 3. The third kappa shape index (κ3) is 2.73. The minimum absolute atomic E-state index is 0.132. The van der Waals surface area contributed by atoms with Gasteiger partial charge < -0.3 is 5.32 Å². The van der Waals surface area contributed by atoms with Crippen LogP contribution >= 0.6 is 15.9 Å². The quantitative estimate of drug-likeness (QED) is 0.941. The van der Waals surface area contributed by atoms with Crippen LogP contribution in [0, 0.1) is 0 Å². The van der Waals surface area contributed by atoms with Crippen molar-refractivity contribution in [3.63, 3.8) is 0 Å². The molecule has 90 valence electrons. The number of rotatable bonds is 4. The Morgan fingerprint density at radius 3 is 2.59 bits per heavy atom. The lowest BCUT2D eigenvalue weighted by molar-refractivity contribution is 0.568. The Bertz CT molecular complexity index is 478. The minimum atomic E-state index is 0.132. The number of hydrogen-bond donors (Lipinski definition) is 1. The summed E-state index contributed by atoms with van der Waals surface area (Å²) in [5, 5.41) is 11.4. The number of benzene rings is 1. The molecule has 2 rings (SSSR count). The Balaban J connectivity index is 2.35. The van der Waals surface area contributed by atoms with E-state index in [1.54, 1.807) is 10.9 Å². The van der Waals surface area contributed by atoms with Crippen LogP contribution in [0.1, 0.15) is 24.2 Å². The zero-order valence-corrected chi connectivity index (χ0v) is 11.5. The summed E-state index contributed by atoms with van der Waals surface area (Å²) in [6.45, 7) is 2.99. The van der Waals surface area contributed by atoms with Crippen LogP contribution in [-0.2, 0) is 7.05 Å². The van der Waals surface area contributed by atoms with Crippen molar-refractivity contribution in [2.75, 3.05) is 6.54 Å². The van der Waals surface area contributed by atoms with E-state index in [1.807, 2.05) is 19.2 Å². The molecule has 0 saturated heterocycles. The molecule has 5 heteroatoms. The predicted molar refractivity (Wildman–Crippen MR) is 70.7 cm³/mol. The molecule has 0 radical (unpaired) electrons. The molecule has 4 nitrogen and oxygen atoms in total. The van der Waals surface area contributed by atoms with E-state index in [0.717, 1.165) is 16.7 Å². The monoisotopic (exact) mass is 294 g/mol. The molecule has 0 aliphatic rings. The molecule has 0 aliphatic carbocycles. The van der Waals surface area contributed by atoms with Crippen molar-refractivity contribution in [2.24, 2.45) is 7.05 Å². The van der Waals surface area contributed by atoms with Gasteiger partial charge in [-0.3, -0.25) is 4.68 Å². The van der Waals surface area contributed by atoms with Gasteiger partial charge in [-0.1, -0.05) is 40.2 Å². The van der Waals surface area contributed by atoms with Crippen molar-refractivity contribution >= 4 is 15.9 Å². The molecule has 1 heterocycles. The fraction of sp³-hybridized carbons (Fsp3) is 0.333. The molecule has 0 spiro atoms. The Labute approximate surface area is 109 Å². The number of nitrogens with one attached hydrogen (secondary N) is 1. The van der Waals surface area contributed by atoms with Crippen molar-refractivity contribution in [3.05, 3.63) is 46.2 Å². The standard InChI is InChI=1S/C12H15BrN4/c1-3-14-12(11-8-15-16-17(11)2)9-4-6-10(13)7-5-9/h4-8,12,14H,3H2,1-2H3. The number of nitrogens with zero attached hydrogens (tertiary/aromatic N) is 3. The normalized spacial score (nSPS) is 12.6. The summed E-state index contributed by atoms with van der Waals surface area (Å²) in [5.74, 6) is 0. The third-order valence-electron chi connectivity index (χ3n) is 2.66. The Morgan fingerprint density at radius 1 is 1.35 bits per heavy atom. The smallest absolute Gasteiger partial charge is 0.0798 e. The van der Waals surface area contributed by atoms with E-state index in [1.165, 1.54) is 5.56 Å². The van der Waals surface area contributed by atoms with Gasteiger partial charge in [-0.15, -0.1) is 5.10 Å². The molecular formula is C12H15BrN4. The van der Waals surface area contributed by atoms with Gasteiger partial charge in [-0.2, -0.15) is 0 Å². The maximum Gasteiger partial charge on any atom is 0.0798 e. The molecule has 1 aromatic heterocycles. The second-order valence-electron chi connectivity index (χ2n) is 3.82. The van der Waals surface area contributed by atoms with E-state index < -0.39 is 0 Å². The summed E-state index contributed by atoms with van der Waals surface area (Å²) in [6, 6.07) is 8.43. The molecule has 0 saturated carbocycles. The first-order valence-electron chi connectivity index (χ1n) is 5.55. The summed E-state index contributed by atoms with van der Waals surface area (Å²) in [6.07, 6.45) is 1.80. The van der Waals surface area contributed by atoms with Crippen molar-refractivity contribution < 1.29 is 0 Å². The average Bonchev–Trinajstić information content (AvgIpc) is 2.74. The van der Waals surface area contributed by atoms with Crippen LogP contribution < -0.4 is 5.32 Å². The SMILES string of the molecule is CCNC(c1ccc(Br)cc1)c1cnnn1C. The first kappa shape index (κ1) is 12.3. The Kier molecular flexibility index (Phi) is 3.91. The van der Waals surface area contributed by atoms with Crippen LogP contribution in [-0.4, -0.2) is 21.5 Å². The topological polar surface area (TPSA) is 42.7 Å². The fourth-order valence-corrected chi connectivity index (χ4v) is 2.08. The van der Waals surface area contributed by atoms with Gasteiger partial charge in [0.15, 0.2) is 0 Å². The molecule has 0 amide bonds. The highest BCUT2D eigenvalue weighted by atomic mass is 79.9. The summed E-state index contributed by atoms with van der Waals surface area (Å²) in [4.78, 5) is 0. The summed E-state index contributed by atoms with van der Waals surface area (Å²) < 4.78 is 2.88. The van der Waals surface area contributed by atoms with Crippen molar-refractivity contribution in [3.8, 4) is 0 Å². The van der Waals surface area contributed by atoms with E-state index in [4.69, 9.17) is 0 Å². The van der Waals surface area contributed by atoms with Crippen LogP contribution in [0.15, 0.2) is 34.9 Å². The summed E-state index contributed by atoms with van der Waals surface area (Å²) in [5.41, 5.74) is 2.27. The van der Waals surface area contributed by atoms with Gasteiger partial charge >= 0.3 is 0 Å². The van der Waals surface area contributed by atoms with Crippen LogP contribution in [0.3, 0.4) is 0 Å². The number of halogens is 1.